The lowest BCUT2D eigenvalue weighted by atomic mass is 10.7. The van der Waals surface area contributed by atoms with Crippen LogP contribution in [-0.2, 0) is 0 Å². The zero-order chi connectivity index (χ0) is 5.86. The van der Waals surface area contributed by atoms with Crippen molar-refractivity contribution in [2.75, 3.05) is 0 Å². The van der Waals surface area contributed by atoms with Crippen LogP contribution in [0.2, 0.25) is 0 Å². The molecule has 0 N–H and O–H groups in total. The number of allylic oxidation sites excluding steroid dienone is 2. The molecule has 1 heteroatoms. The zero-order valence-electron chi connectivity index (χ0n) is 5.12. The Balaban J connectivity index is 3.32. The molecule has 0 saturated heterocycles. The summed E-state index contributed by atoms with van der Waals surface area (Å²) in [4.78, 5) is 0. The number of hydrogen-bond donors (Lipinski definition) is 0. The highest BCUT2D eigenvalue weighted by molar-refractivity contribution is 6.53. The minimum atomic E-state index is -0.108. The summed E-state index contributed by atoms with van der Waals surface area (Å²) in [6.07, 6.45) is 0. The Kier molecular flexibility index (Phi) is 2.68. The lowest BCUT2D eigenvalue weighted by molar-refractivity contribution is 1.63. The van der Waals surface area contributed by atoms with Crippen LogP contribution < -0.4 is 0 Å². The first-order chi connectivity index (χ1) is 3.13. The maximum Gasteiger partial charge on any atom is 0.0750 e. The second-order valence-electron chi connectivity index (χ2n) is 2.09. The van der Waals surface area contributed by atoms with Gasteiger partial charge in [-0.05, 0) is 13.8 Å². The molecule has 0 aromatic carbocycles. The lowest BCUT2D eigenvalue weighted by Crippen LogP contribution is -1.90. The number of rotatable bonds is 2. The highest BCUT2D eigenvalue weighted by Gasteiger charge is 1.84. The van der Waals surface area contributed by atoms with Gasteiger partial charge in [0.05, 0.1) is 9.52 Å². The van der Waals surface area contributed by atoms with Crippen molar-refractivity contribution in [3.63, 3.8) is 0 Å². The second kappa shape index (κ2) is 2.80. The Morgan fingerprint density at radius 1 is 1.14 bits per heavy atom. The fourth-order valence-corrected chi connectivity index (χ4v) is 1.55. The van der Waals surface area contributed by atoms with Crippen molar-refractivity contribution >= 4 is 9.52 Å². The highest BCUT2D eigenvalue weighted by atomic mass is 28.2. The van der Waals surface area contributed by atoms with Crippen molar-refractivity contribution in [3.8, 4) is 0 Å². The Bertz CT molecular complexity index is 80.4. The fourth-order valence-electron chi connectivity index (χ4n) is 0.515. The van der Waals surface area contributed by atoms with Gasteiger partial charge in [-0.1, -0.05) is 10.4 Å². The molecule has 0 amide bonds. The Hall–Kier alpha value is -0.303. The smallest absolute Gasteiger partial charge is 0.0750 e. The van der Waals surface area contributed by atoms with E-state index in [1.54, 1.807) is 0 Å². The summed E-state index contributed by atoms with van der Waals surface area (Å²) < 4.78 is 0. The predicted molar refractivity (Wildman–Crippen MR) is 38.2 cm³/mol. The molecule has 0 aromatic heterocycles. The van der Waals surface area contributed by atoms with Crippen molar-refractivity contribution < 1.29 is 0 Å². The maximum atomic E-state index is 3.80. The van der Waals surface area contributed by atoms with Crippen LogP contribution >= 0.6 is 0 Å². The van der Waals surface area contributed by atoms with Gasteiger partial charge in [0, 0.05) is 0 Å². The van der Waals surface area contributed by atoms with Crippen molar-refractivity contribution in [2.24, 2.45) is 0 Å². The largest absolute Gasteiger partial charge is 0.104 e. The van der Waals surface area contributed by atoms with Gasteiger partial charge < -0.3 is 0 Å². The van der Waals surface area contributed by atoms with Gasteiger partial charge in [0.2, 0.25) is 0 Å². The fraction of sp³-hybridized carbons (Fsp3) is 0.333. The van der Waals surface area contributed by atoms with Crippen LogP contribution in [-0.4, -0.2) is 9.52 Å². The van der Waals surface area contributed by atoms with Crippen LogP contribution in [0.3, 0.4) is 0 Å². The first-order valence-electron chi connectivity index (χ1n) is 2.41. The molecule has 0 fully saturated rings. The molecule has 0 unspecified atom stereocenters. The Morgan fingerprint density at radius 3 is 1.43 bits per heavy atom. The van der Waals surface area contributed by atoms with E-state index >= 15 is 0 Å². The van der Waals surface area contributed by atoms with Crippen molar-refractivity contribution in [1.82, 2.24) is 0 Å². The molecule has 0 rings (SSSR count). The van der Waals surface area contributed by atoms with E-state index in [1.807, 2.05) is 0 Å². The van der Waals surface area contributed by atoms with Gasteiger partial charge in [0.1, 0.15) is 0 Å². The molecule has 0 aliphatic carbocycles. The van der Waals surface area contributed by atoms with Crippen LogP contribution in [0.4, 0.5) is 0 Å². The summed E-state index contributed by atoms with van der Waals surface area (Å²) in [5.74, 6) is 0. The third-order valence-electron chi connectivity index (χ3n) is 0.604. The molecule has 0 aliphatic heterocycles. The van der Waals surface area contributed by atoms with E-state index in [2.05, 4.69) is 27.0 Å². The van der Waals surface area contributed by atoms with Crippen molar-refractivity contribution in [1.29, 1.82) is 0 Å². The topological polar surface area (TPSA) is 0 Å². The minimum absolute atomic E-state index is 0.108. The average Bonchev–Trinajstić information content (AvgIpc) is 1.27. The maximum absolute atomic E-state index is 3.80. The molecule has 0 heterocycles. The van der Waals surface area contributed by atoms with E-state index in [0.717, 1.165) is 0 Å². The van der Waals surface area contributed by atoms with Gasteiger partial charge in [0.25, 0.3) is 0 Å². The average molecular weight is 112 g/mol. The van der Waals surface area contributed by atoms with Crippen molar-refractivity contribution in [3.05, 3.63) is 23.6 Å². The van der Waals surface area contributed by atoms with Crippen LogP contribution in [0.25, 0.3) is 0 Å². The van der Waals surface area contributed by atoms with E-state index in [1.165, 1.54) is 10.4 Å². The highest BCUT2D eigenvalue weighted by Crippen LogP contribution is 1.90. The molecule has 40 valence electrons. The molecule has 0 spiro atoms. The number of hydrogen-bond acceptors (Lipinski definition) is 0. The normalized spacial score (nSPS) is 8.29. The summed E-state index contributed by atoms with van der Waals surface area (Å²) in [6, 6.07) is 0. The van der Waals surface area contributed by atoms with Gasteiger partial charge >= 0.3 is 0 Å². The van der Waals surface area contributed by atoms with E-state index < -0.39 is 0 Å². The van der Waals surface area contributed by atoms with E-state index in [9.17, 15) is 0 Å². The zero-order valence-corrected chi connectivity index (χ0v) is 6.54. The van der Waals surface area contributed by atoms with Gasteiger partial charge in [-0.15, -0.1) is 13.2 Å². The molecule has 0 saturated carbocycles. The lowest BCUT2D eigenvalue weighted by Gasteiger charge is -1.91. The molecule has 7 heavy (non-hydrogen) atoms. The van der Waals surface area contributed by atoms with Crippen LogP contribution in [0.1, 0.15) is 13.8 Å². The molecule has 0 radical (unpaired) electrons. The predicted octanol–water partition coefficient (Wildman–Crippen LogP) is 1.22. The van der Waals surface area contributed by atoms with Crippen molar-refractivity contribution in [2.45, 2.75) is 13.8 Å². The molecular weight excluding hydrogens is 100 g/mol. The summed E-state index contributed by atoms with van der Waals surface area (Å²) in [5.41, 5.74) is 0. The SMILES string of the molecule is C=C(C)[SiH2]C(=C)C. The standard InChI is InChI=1S/C6H12Si/c1-5(2)7-6(3)4/h1,3,7H2,2,4H3. The molecule has 0 aromatic rings. The molecular formula is C6H12Si. The second-order valence-corrected chi connectivity index (χ2v) is 4.86. The van der Waals surface area contributed by atoms with Gasteiger partial charge in [-0.3, -0.25) is 0 Å². The molecule has 0 nitrogen and oxygen atoms in total. The summed E-state index contributed by atoms with van der Waals surface area (Å²) in [6.45, 7) is 11.7. The summed E-state index contributed by atoms with van der Waals surface area (Å²) in [7, 11) is -0.108. The van der Waals surface area contributed by atoms with Crippen LogP contribution in [0, 0.1) is 0 Å². The van der Waals surface area contributed by atoms with Gasteiger partial charge in [-0.25, -0.2) is 0 Å². The third kappa shape index (κ3) is 5.70. The van der Waals surface area contributed by atoms with Gasteiger partial charge in [0.15, 0.2) is 0 Å². The third-order valence-corrected chi connectivity index (χ3v) is 1.81. The minimum Gasteiger partial charge on any atom is -0.104 e. The van der Waals surface area contributed by atoms with Crippen LogP contribution in [0.5, 0.6) is 0 Å². The van der Waals surface area contributed by atoms with E-state index in [0.29, 0.717) is 0 Å². The summed E-state index contributed by atoms with van der Waals surface area (Å²) >= 11 is 0. The summed E-state index contributed by atoms with van der Waals surface area (Å²) in [5, 5.41) is 2.65. The van der Waals surface area contributed by atoms with E-state index in [4.69, 9.17) is 0 Å². The Labute approximate surface area is 47.8 Å². The first-order valence-corrected chi connectivity index (χ1v) is 3.83. The molecule has 0 aliphatic rings. The molecule has 0 bridgehead atoms. The quantitative estimate of drug-likeness (QED) is 0.471. The van der Waals surface area contributed by atoms with Crippen LogP contribution in [0.15, 0.2) is 23.6 Å². The monoisotopic (exact) mass is 112 g/mol. The van der Waals surface area contributed by atoms with E-state index in [-0.39, 0.29) is 9.52 Å². The Morgan fingerprint density at radius 2 is 1.43 bits per heavy atom. The first kappa shape index (κ1) is 6.70. The van der Waals surface area contributed by atoms with Gasteiger partial charge in [-0.2, -0.15) is 0 Å². The molecule has 0 atom stereocenters.